The molecule has 3 heterocycles. The maximum absolute atomic E-state index is 4.72. The standard InChI is InChI=1S/C13H14BrN3S2/c1-2-3-15-12-9-6-18-7-10(9)16-13(17-12)11-4-8(14)5-19-11/h4-5H,2-3,6-7H2,1H3,(H,15,16,17). The number of thiophene rings is 1. The van der Waals surface area contributed by atoms with Gasteiger partial charge in [0.1, 0.15) is 5.82 Å². The van der Waals surface area contributed by atoms with Crippen molar-refractivity contribution >= 4 is 44.8 Å². The summed E-state index contributed by atoms with van der Waals surface area (Å²) in [6.45, 7) is 3.13. The Kier molecular flexibility index (Phi) is 4.10. The number of anilines is 1. The maximum atomic E-state index is 4.72. The Bertz CT molecular complexity index is 598. The summed E-state index contributed by atoms with van der Waals surface area (Å²) in [5.74, 6) is 3.89. The van der Waals surface area contributed by atoms with Crippen molar-refractivity contribution in [2.45, 2.75) is 24.9 Å². The van der Waals surface area contributed by atoms with Crippen LogP contribution in [0, 0.1) is 0 Å². The van der Waals surface area contributed by atoms with Crippen molar-refractivity contribution in [3.05, 3.63) is 27.2 Å². The van der Waals surface area contributed by atoms with Gasteiger partial charge in [-0.25, -0.2) is 9.97 Å². The second-order valence-electron chi connectivity index (χ2n) is 4.37. The summed E-state index contributed by atoms with van der Waals surface area (Å²) >= 11 is 7.07. The van der Waals surface area contributed by atoms with Crippen LogP contribution in [0.2, 0.25) is 0 Å². The minimum Gasteiger partial charge on any atom is -0.370 e. The lowest BCUT2D eigenvalue weighted by atomic mass is 10.2. The molecule has 0 bridgehead atoms. The molecule has 1 aliphatic heterocycles. The summed E-state index contributed by atoms with van der Waals surface area (Å²) in [6, 6.07) is 2.08. The molecule has 3 nitrogen and oxygen atoms in total. The van der Waals surface area contributed by atoms with E-state index in [4.69, 9.17) is 9.97 Å². The Morgan fingerprint density at radius 3 is 3.00 bits per heavy atom. The quantitative estimate of drug-likeness (QED) is 0.873. The predicted molar refractivity (Wildman–Crippen MR) is 86.8 cm³/mol. The van der Waals surface area contributed by atoms with E-state index in [0.717, 1.165) is 45.5 Å². The lowest BCUT2D eigenvalue weighted by Crippen LogP contribution is -2.07. The van der Waals surface area contributed by atoms with Gasteiger partial charge < -0.3 is 5.32 Å². The van der Waals surface area contributed by atoms with Crippen LogP contribution in [0.5, 0.6) is 0 Å². The molecule has 2 aromatic heterocycles. The Hall–Kier alpha value is -0.590. The molecule has 100 valence electrons. The third-order valence-electron chi connectivity index (χ3n) is 2.91. The number of hydrogen-bond donors (Lipinski definition) is 1. The zero-order valence-electron chi connectivity index (χ0n) is 10.6. The highest BCUT2D eigenvalue weighted by molar-refractivity contribution is 9.10. The lowest BCUT2D eigenvalue weighted by Gasteiger charge is -2.10. The molecule has 0 unspecified atom stereocenters. The number of rotatable bonds is 4. The summed E-state index contributed by atoms with van der Waals surface area (Å²) in [6.07, 6.45) is 1.10. The van der Waals surface area contributed by atoms with Crippen molar-refractivity contribution in [3.8, 4) is 10.7 Å². The number of thioether (sulfide) groups is 1. The second-order valence-corrected chi connectivity index (χ2v) is 7.18. The van der Waals surface area contributed by atoms with Crippen molar-refractivity contribution in [1.29, 1.82) is 0 Å². The molecule has 0 aliphatic carbocycles. The fraction of sp³-hybridized carbons (Fsp3) is 0.385. The largest absolute Gasteiger partial charge is 0.370 e. The number of nitrogens with one attached hydrogen (secondary N) is 1. The molecule has 0 saturated heterocycles. The molecule has 6 heteroatoms. The number of nitrogens with zero attached hydrogens (tertiary/aromatic N) is 2. The number of aromatic nitrogens is 2. The highest BCUT2D eigenvalue weighted by Crippen LogP contribution is 2.36. The molecule has 0 fully saturated rings. The maximum Gasteiger partial charge on any atom is 0.171 e. The zero-order chi connectivity index (χ0) is 13.2. The monoisotopic (exact) mass is 355 g/mol. The molecule has 19 heavy (non-hydrogen) atoms. The molecule has 0 saturated carbocycles. The van der Waals surface area contributed by atoms with Crippen LogP contribution in [-0.4, -0.2) is 16.5 Å². The molecule has 0 spiro atoms. The van der Waals surface area contributed by atoms with E-state index in [1.165, 1.54) is 11.3 Å². The number of hydrogen-bond acceptors (Lipinski definition) is 5. The average Bonchev–Trinajstić information content (AvgIpc) is 3.03. The van der Waals surface area contributed by atoms with Crippen LogP contribution >= 0.6 is 39.0 Å². The first-order valence-corrected chi connectivity index (χ1v) is 9.06. The van der Waals surface area contributed by atoms with Gasteiger partial charge in [0.05, 0.1) is 10.6 Å². The lowest BCUT2D eigenvalue weighted by molar-refractivity contribution is 0.956. The van der Waals surface area contributed by atoms with Crippen LogP contribution in [-0.2, 0) is 11.5 Å². The van der Waals surface area contributed by atoms with Crippen molar-refractivity contribution in [3.63, 3.8) is 0 Å². The molecule has 1 aliphatic rings. The fourth-order valence-corrected chi connectivity index (χ4v) is 4.38. The molecule has 0 aromatic carbocycles. The summed E-state index contributed by atoms with van der Waals surface area (Å²) in [5.41, 5.74) is 2.48. The number of fused-ring (bicyclic) bond motifs is 1. The summed E-state index contributed by atoms with van der Waals surface area (Å²) in [7, 11) is 0. The molecule has 3 rings (SSSR count). The molecular weight excluding hydrogens is 342 g/mol. The first-order valence-electron chi connectivity index (χ1n) is 6.23. The van der Waals surface area contributed by atoms with Gasteiger partial charge in [-0.05, 0) is 28.4 Å². The predicted octanol–water partition coefficient (Wildman–Crippen LogP) is 4.54. The highest BCUT2D eigenvalue weighted by atomic mass is 79.9. The third kappa shape index (κ3) is 2.80. The van der Waals surface area contributed by atoms with Gasteiger partial charge in [0.2, 0.25) is 0 Å². The van der Waals surface area contributed by atoms with Gasteiger partial charge in [-0.1, -0.05) is 6.92 Å². The van der Waals surface area contributed by atoms with Gasteiger partial charge in [0, 0.05) is 33.5 Å². The van der Waals surface area contributed by atoms with Crippen LogP contribution in [0.1, 0.15) is 24.6 Å². The van der Waals surface area contributed by atoms with Gasteiger partial charge in [-0.15, -0.1) is 11.3 Å². The second kappa shape index (κ2) is 5.81. The van der Waals surface area contributed by atoms with Crippen molar-refractivity contribution in [2.75, 3.05) is 11.9 Å². The van der Waals surface area contributed by atoms with Gasteiger partial charge in [0.25, 0.3) is 0 Å². The van der Waals surface area contributed by atoms with Crippen molar-refractivity contribution in [2.24, 2.45) is 0 Å². The Balaban J connectivity index is 2.02. The molecule has 0 radical (unpaired) electrons. The highest BCUT2D eigenvalue weighted by Gasteiger charge is 2.20. The molecule has 1 N–H and O–H groups in total. The van der Waals surface area contributed by atoms with E-state index in [2.05, 4.69) is 39.6 Å². The van der Waals surface area contributed by atoms with Crippen LogP contribution in [0.4, 0.5) is 5.82 Å². The van der Waals surface area contributed by atoms with E-state index in [1.54, 1.807) is 11.3 Å². The minimum absolute atomic E-state index is 0.843. The fourth-order valence-electron chi connectivity index (χ4n) is 1.98. The van der Waals surface area contributed by atoms with Crippen LogP contribution in [0.25, 0.3) is 10.7 Å². The summed E-state index contributed by atoms with van der Waals surface area (Å²) in [5, 5.41) is 5.51. The smallest absolute Gasteiger partial charge is 0.171 e. The van der Waals surface area contributed by atoms with Crippen LogP contribution in [0.15, 0.2) is 15.9 Å². The first-order chi connectivity index (χ1) is 9.28. The number of halogens is 1. The summed E-state index contributed by atoms with van der Waals surface area (Å²) < 4.78 is 1.09. The van der Waals surface area contributed by atoms with Crippen LogP contribution in [0.3, 0.4) is 0 Å². The third-order valence-corrected chi connectivity index (χ3v) is 5.57. The van der Waals surface area contributed by atoms with E-state index in [1.807, 2.05) is 11.8 Å². The van der Waals surface area contributed by atoms with E-state index >= 15 is 0 Å². The van der Waals surface area contributed by atoms with Crippen molar-refractivity contribution < 1.29 is 0 Å². The van der Waals surface area contributed by atoms with Gasteiger partial charge >= 0.3 is 0 Å². The van der Waals surface area contributed by atoms with E-state index < -0.39 is 0 Å². The topological polar surface area (TPSA) is 37.8 Å². The molecule has 0 atom stereocenters. The minimum atomic E-state index is 0.843. The Labute approximate surface area is 129 Å². The van der Waals surface area contributed by atoms with Gasteiger partial charge in [0.15, 0.2) is 5.82 Å². The average molecular weight is 356 g/mol. The SMILES string of the molecule is CCCNc1nc(-c2cc(Br)cs2)nc2c1CSC2. The molecule has 0 amide bonds. The Morgan fingerprint density at radius 1 is 1.37 bits per heavy atom. The first kappa shape index (κ1) is 13.4. The van der Waals surface area contributed by atoms with Crippen LogP contribution < -0.4 is 5.32 Å². The van der Waals surface area contributed by atoms with E-state index in [9.17, 15) is 0 Å². The van der Waals surface area contributed by atoms with E-state index in [0.29, 0.717) is 0 Å². The zero-order valence-corrected chi connectivity index (χ0v) is 13.8. The Morgan fingerprint density at radius 2 is 2.26 bits per heavy atom. The van der Waals surface area contributed by atoms with Gasteiger partial charge in [-0.2, -0.15) is 11.8 Å². The van der Waals surface area contributed by atoms with Gasteiger partial charge in [-0.3, -0.25) is 0 Å². The van der Waals surface area contributed by atoms with E-state index in [-0.39, 0.29) is 0 Å². The molecular formula is C13H14BrN3S2. The normalized spacial score (nSPS) is 13.6. The molecule has 2 aromatic rings. The van der Waals surface area contributed by atoms with Crippen molar-refractivity contribution in [1.82, 2.24) is 9.97 Å². The summed E-state index contributed by atoms with van der Waals surface area (Å²) in [4.78, 5) is 10.6.